The molecule has 0 aliphatic heterocycles. The first-order chi connectivity index (χ1) is 13.5. The highest BCUT2D eigenvalue weighted by atomic mass is 17.2. The van der Waals surface area contributed by atoms with E-state index < -0.39 is 10.8 Å². The van der Waals surface area contributed by atoms with Crippen LogP contribution < -0.4 is 0 Å². The average Bonchev–Trinajstić information content (AvgIpc) is 3.34. The van der Waals surface area contributed by atoms with Crippen molar-refractivity contribution in [1.29, 1.82) is 0 Å². The van der Waals surface area contributed by atoms with Gasteiger partial charge in [-0.3, -0.25) is 9.78 Å². The smallest absolute Gasteiger partial charge is 0.298 e. The van der Waals surface area contributed by atoms with Gasteiger partial charge in [0.15, 0.2) is 0 Å². The van der Waals surface area contributed by atoms with Gasteiger partial charge in [-0.1, -0.05) is 49.9 Å². The molecule has 28 heavy (non-hydrogen) atoms. The summed E-state index contributed by atoms with van der Waals surface area (Å²) in [5, 5.41) is 0. The van der Waals surface area contributed by atoms with Crippen LogP contribution in [0.15, 0.2) is 24.3 Å². The van der Waals surface area contributed by atoms with Crippen LogP contribution in [-0.2, 0) is 42.0 Å². The summed E-state index contributed by atoms with van der Waals surface area (Å²) in [6.07, 6.45) is 8.56. The molecule has 0 bridgehead atoms. The van der Waals surface area contributed by atoms with E-state index in [0.717, 1.165) is 62.5 Å². The average molecular weight is 390 g/mol. The zero-order valence-corrected chi connectivity index (χ0v) is 16.8. The Kier molecular flexibility index (Phi) is 6.73. The van der Waals surface area contributed by atoms with Crippen LogP contribution in [0.3, 0.4) is 0 Å². The second-order valence-electron chi connectivity index (χ2n) is 8.22. The summed E-state index contributed by atoms with van der Waals surface area (Å²) in [6.45, 7) is 0. The first-order valence-corrected chi connectivity index (χ1v) is 10.1. The second-order valence-corrected chi connectivity index (χ2v) is 8.22. The normalized spacial score (nSPS) is 20.1. The number of rotatable bonds is 8. The molecule has 1 aromatic rings. The van der Waals surface area contributed by atoms with Crippen LogP contribution in [0.4, 0.5) is 0 Å². The molecule has 0 atom stereocenters. The molecule has 6 nitrogen and oxygen atoms in total. The molecule has 0 unspecified atom stereocenters. The monoisotopic (exact) mass is 390 g/mol. The van der Waals surface area contributed by atoms with E-state index in [1.165, 1.54) is 14.2 Å². The van der Waals surface area contributed by atoms with Crippen LogP contribution in [0.25, 0.3) is 0 Å². The van der Waals surface area contributed by atoms with E-state index in [4.69, 9.17) is 9.78 Å². The maximum atomic E-state index is 12.5. The van der Waals surface area contributed by atoms with Gasteiger partial charge in [-0.15, -0.1) is 0 Å². The predicted octanol–water partition coefficient (Wildman–Crippen LogP) is 4.10. The van der Waals surface area contributed by atoms with Gasteiger partial charge in [-0.2, -0.15) is 9.78 Å². The van der Waals surface area contributed by atoms with Gasteiger partial charge in [0.2, 0.25) is 0 Å². The van der Waals surface area contributed by atoms with E-state index >= 15 is 0 Å². The minimum Gasteiger partial charge on any atom is -0.298 e. The molecule has 6 heteroatoms. The van der Waals surface area contributed by atoms with Crippen molar-refractivity contribution >= 4 is 11.9 Å². The molecule has 2 aliphatic rings. The predicted molar refractivity (Wildman–Crippen MR) is 102 cm³/mol. The van der Waals surface area contributed by atoms with Gasteiger partial charge < -0.3 is 0 Å². The Bertz CT molecular complexity index is 631. The van der Waals surface area contributed by atoms with Crippen molar-refractivity contribution in [3.63, 3.8) is 0 Å². The summed E-state index contributed by atoms with van der Waals surface area (Å²) in [5.41, 5.74) is 1.13. The van der Waals surface area contributed by atoms with Crippen LogP contribution >= 0.6 is 0 Å². The van der Waals surface area contributed by atoms with E-state index in [-0.39, 0.29) is 11.9 Å². The third-order valence-corrected chi connectivity index (χ3v) is 6.38. The molecule has 0 amide bonds. The fourth-order valence-electron chi connectivity index (χ4n) is 4.97. The molecule has 2 aliphatic carbocycles. The highest BCUT2D eigenvalue weighted by Crippen LogP contribution is 2.44. The van der Waals surface area contributed by atoms with Crippen LogP contribution in [-0.4, -0.2) is 26.2 Å². The molecular weight excluding hydrogens is 360 g/mol. The fourth-order valence-corrected chi connectivity index (χ4v) is 4.97. The summed E-state index contributed by atoms with van der Waals surface area (Å²) in [5.74, 6) is -0.567. The second kappa shape index (κ2) is 9.05. The molecule has 0 radical (unpaired) electrons. The molecule has 0 heterocycles. The molecule has 0 saturated heterocycles. The Morgan fingerprint density at radius 1 is 0.786 bits per heavy atom. The maximum Gasteiger partial charge on any atom is 0.348 e. The van der Waals surface area contributed by atoms with Crippen LogP contribution in [0, 0.1) is 10.8 Å². The fraction of sp³-hybridized carbons (Fsp3) is 0.636. The lowest BCUT2D eigenvalue weighted by molar-refractivity contribution is -0.265. The molecule has 0 N–H and O–H groups in total. The Morgan fingerprint density at radius 3 is 1.54 bits per heavy atom. The molecule has 154 valence electrons. The highest BCUT2D eigenvalue weighted by molar-refractivity contribution is 5.78. The van der Waals surface area contributed by atoms with E-state index in [2.05, 4.69) is 15.8 Å². The third-order valence-electron chi connectivity index (χ3n) is 6.38. The molecule has 0 aromatic heterocycles. The number of carbonyl (C=O) groups excluding carboxylic acids is 2. The van der Waals surface area contributed by atoms with Crippen molar-refractivity contribution in [2.24, 2.45) is 10.8 Å². The molecule has 3 rings (SSSR count). The van der Waals surface area contributed by atoms with Crippen molar-refractivity contribution < 1.29 is 29.1 Å². The topological polar surface area (TPSA) is 71.1 Å². The highest BCUT2D eigenvalue weighted by Gasteiger charge is 2.45. The van der Waals surface area contributed by atoms with Crippen molar-refractivity contribution in [3.8, 4) is 0 Å². The van der Waals surface area contributed by atoms with E-state index in [1.807, 2.05) is 18.2 Å². The lowest BCUT2D eigenvalue weighted by Gasteiger charge is -2.27. The molecular formula is C22H30O6. The number of hydrogen-bond donors (Lipinski definition) is 0. The van der Waals surface area contributed by atoms with Gasteiger partial charge in [0, 0.05) is 0 Å². The largest absolute Gasteiger partial charge is 0.348 e. The number of hydrogen-bond acceptors (Lipinski definition) is 6. The van der Waals surface area contributed by atoms with Crippen LogP contribution in [0.5, 0.6) is 0 Å². The quantitative estimate of drug-likeness (QED) is 0.492. The Labute approximate surface area is 166 Å². The molecule has 2 fully saturated rings. The van der Waals surface area contributed by atoms with Crippen LogP contribution in [0.1, 0.15) is 62.5 Å². The molecule has 1 aromatic carbocycles. The van der Waals surface area contributed by atoms with Gasteiger partial charge >= 0.3 is 11.9 Å². The van der Waals surface area contributed by atoms with Gasteiger partial charge in [-0.25, -0.2) is 9.59 Å². The van der Waals surface area contributed by atoms with E-state index in [9.17, 15) is 9.59 Å². The Balaban J connectivity index is 1.78. The van der Waals surface area contributed by atoms with Gasteiger partial charge in [-0.05, 0) is 49.7 Å². The van der Waals surface area contributed by atoms with Crippen LogP contribution in [0.2, 0.25) is 0 Å². The summed E-state index contributed by atoms with van der Waals surface area (Å²) in [7, 11) is 2.72. The summed E-state index contributed by atoms with van der Waals surface area (Å²) in [6, 6.07) is 8.19. The maximum absolute atomic E-state index is 12.5. The van der Waals surface area contributed by atoms with Crippen molar-refractivity contribution in [2.45, 2.75) is 64.2 Å². The summed E-state index contributed by atoms with van der Waals surface area (Å²) >= 11 is 0. The van der Waals surface area contributed by atoms with E-state index in [0.29, 0.717) is 12.8 Å². The Hall–Kier alpha value is -1.92. The summed E-state index contributed by atoms with van der Waals surface area (Å²) in [4.78, 5) is 44.1. The first kappa shape index (κ1) is 20.8. The Morgan fingerprint density at radius 2 is 1.18 bits per heavy atom. The van der Waals surface area contributed by atoms with Crippen molar-refractivity contribution in [1.82, 2.24) is 0 Å². The SMILES string of the molecule is COOC(=O)C1(Cc2cccc(CC3(C(=O)OOC)CCCC3)c2)CCCC1. The zero-order chi connectivity index (χ0) is 20.0. The number of carbonyl (C=O) groups is 2. The van der Waals surface area contributed by atoms with Crippen molar-refractivity contribution in [3.05, 3.63) is 35.4 Å². The molecule has 0 spiro atoms. The van der Waals surface area contributed by atoms with Gasteiger partial charge in [0.1, 0.15) is 0 Å². The summed E-state index contributed by atoms with van der Waals surface area (Å²) < 4.78 is 0. The zero-order valence-electron chi connectivity index (χ0n) is 16.8. The minimum absolute atomic E-state index is 0.283. The van der Waals surface area contributed by atoms with Crippen molar-refractivity contribution in [2.75, 3.05) is 14.2 Å². The third kappa shape index (κ3) is 4.39. The standard InChI is InChI=1S/C22H30O6/c1-25-27-19(23)21(10-3-4-11-21)15-17-8-7-9-18(14-17)16-22(12-5-6-13-22)20(24)28-26-2/h7-9,14H,3-6,10-13,15-16H2,1-2H3. The number of benzene rings is 1. The molecule has 2 saturated carbocycles. The first-order valence-electron chi connectivity index (χ1n) is 10.1. The lowest BCUT2D eigenvalue weighted by Crippen LogP contribution is -2.33. The van der Waals surface area contributed by atoms with Gasteiger partial charge in [0.25, 0.3) is 0 Å². The van der Waals surface area contributed by atoms with E-state index in [1.54, 1.807) is 0 Å². The van der Waals surface area contributed by atoms with Gasteiger partial charge in [0.05, 0.1) is 25.0 Å². The minimum atomic E-state index is -0.519. The lowest BCUT2D eigenvalue weighted by atomic mass is 9.77.